The molecule has 0 atom stereocenters. The van der Waals surface area contributed by atoms with Gasteiger partial charge in [-0.15, -0.1) is 0 Å². The van der Waals surface area contributed by atoms with Crippen molar-refractivity contribution in [3.8, 4) is 0 Å². The SMILES string of the molecule is BCC(C)(C)[PH](c1ccc(CCC(C)(C)C)cc1)(c1ccc(CCC(C)(C)C)cc1)c1ccc(CCC(C)(C)C)cc1. The molecule has 42 heavy (non-hydrogen) atoms. The van der Waals surface area contributed by atoms with Gasteiger partial charge in [-0.3, -0.25) is 0 Å². The number of rotatable bonds is 11. The third-order valence-electron chi connectivity index (χ3n) is 9.55. The van der Waals surface area contributed by atoms with Crippen LogP contribution in [-0.4, -0.2) is 13.0 Å². The number of hydrogen-bond donors (Lipinski definition) is 0. The van der Waals surface area contributed by atoms with Gasteiger partial charge in [-0.1, -0.05) is 0 Å². The van der Waals surface area contributed by atoms with Gasteiger partial charge < -0.3 is 0 Å². The number of aryl methyl sites for hydroxylation is 3. The monoisotopic (exact) mass is 584 g/mol. The van der Waals surface area contributed by atoms with Gasteiger partial charge >= 0.3 is 263 Å². The first-order valence-corrected chi connectivity index (χ1v) is 18.6. The number of benzene rings is 3. The first kappa shape index (κ1) is 34.6. The molecule has 230 valence electrons. The fourth-order valence-electron chi connectivity index (χ4n) is 6.26. The van der Waals surface area contributed by atoms with Crippen LogP contribution < -0.4 is 15.9 Å². The van der Waals surface area contributed by atoms with Crippen molar-refractivity contribution >= 4 is 31.0 Å². The molecule has 0 heterocycles. The predicted molar refractivity (Wildman–Crippen MR) is 197 cm³/mol. The molecule has 2 heteroatoms. The summed E-state index contributed by atoms with van der Waals surface area (Å²) >= 11 is 0. The summed E-state index contributed by atoms with van der Waals surface area (Å²) in [6, 6.07) is 29.6. The Kier molecular flexibility index (Phi) is 11.1. The first-order chi connectivity index (χ1) is 19.4. The second-order valence-electron chi connectivity index (χ2n) is 17.3. The van der Waals surface area contributed by atoms with Crippen LogP contribution in [-0.2, 0) is 19.3 Å². The molecule has 0 fully saturated rings. The summed E-state index contributed by atoms with van der Waals surface area (Å²) in [4.78, 5) is 0. The van der Waals surface area contributed by atoms with Gasteiger partial charge in [-0.2, -0.15) is 0 Å². The van der Waals surface area contributed by atoms with Gasteiger partial charge in [0, 0.05) is 0 Å². The molecule has 3 aromatic rings. The van der Waals surface area contributed by atoms with E-state index >= 15 is 0 Å². The standard InChI is InChI=1S/C40H62BP/c1-37(2,3)27-24-31-12-18-34(19-13-31)42(40(10,11)30-41,35-20-14-32(15-21-35)25-28-38(4,5)6)36-22-16-33(17-23-36)26-29-39(7,8)9/h12-23,42H,24-30,41H2,1-11H3. The van der Waals surface area contributed by atoms with Crippen molar-refractivity contribution in [1.82, 2.24) is 0 Å². The Morgan fingerprint density at radius 1 is 0.429 bits per heavy atom. The quantitative estimate of drug-likeness (QED) is 0.156. The van der Waals surface area contributed by atoms with E-state index < -0.39 is 7.26 Å². The molecule has 0 N–H and O–H groups in total. The zero-order valence-corrected chi connectivity index (χ0v) is 30.4. The maximum absolute atomic E-state index is 2.54. The van der Waals surface area contributed by atoms with Gasteiger partial charge in [-0.05, 0) is 0 Å². The van der Waals surface area contributed by atoms with Crippen molar-refractivity contribution in [3.05, 3.63) is 89.5 Å². The average molecular weight is 585 g/mol. The predicted octanol–water partition coefficient (Wildman–Crippen LogP) is 9.48. The Hall–Kier alpha value is -1.85. The third-order valence-corrected chi connectivity index (χ3v) is 15.5. The van der Waals surface area contributed by atoms with Crippen LogP contribution in [0.2, 0.25) is 6.32 Å². The van der Waals surface area contributed by atoms with Crippen LogP contribution in [0.15, 0.2) is 72.8 Å². The van der Waals surface area contributed by atoms with Crippen molar-refractivity contribution in [2.75, 3.05) is 0 Å². The van der Waals surface area contributed by atoms with E-state index in [0.29, 0.717) is 16.2 Å². The summed E-state index contributed by atoms with van der Waals surface area (Å²) in [7, 11) is -0.00134. The maximum atomic E-state index is 2.54. The molecule has 0 aliphatic carbocycles. The zero-order chi connectivity index (χ0) is 31.4. The Labute approximate surface area is 262 Å². The van der Waals surface area contributed by atoms with Crippen molar-refractivity contribution in [2.24, 2.45) is 16.2 Å². The molecule has 0 saturated heterocycles. The molecule has 0 nitrogen and oxygen atoms in total. The molecule has 0 aliphatic heterocycles. The van der Waals surface area contributed by atoms with E-state index in [1.165, 1.54) is 36.0 Å². The van der Waals surface area contributed by atoms with Gasteiger partial charge in [0.2, 0.25) is 0 Å². The fourth-order valence-corrected chi connectivity index (χ4v) is 12.1. The molecule has 3 rings (SSSR count). The fraction of sp³-hybridized carbons (Fsp3) is 0.550. The second kappa shape index (κ2) is 13.4. The van der Waals surface area contributed by atoms with Crippen molar-refractivity contribution < 1.29 is 0 Å². The van der Waals surface area contributed by atoms with Crippen LogP contribution in [0.25, 0.3) is 0 Å². The Morgan fingerprint density at radius 3 is 0.857 bits per heavy atom. The van der Waals surface area contributed by atoms with Crippen molar-refractivity contribution in [3.63, 3.8) is 0 Å². The summed E-state index contributed by atoms with van der Waals surface area (Å²) < 4.78 is 0. The normalized spacial score (nSPS) is 13.8. The van der Waals surface area contributed by atoms with E-state index in [1.54, 1.807) is 15.9 Å². The van der Waals surface area contributed by atoms with E-state index in [2.05, 4.69) is 157 Å². The molecule has 0 unspecified atom stereocenters. The van der Waals surface area contributed by atoms with Gasteiger partial charge in [0.1, 0.15) is 0 Å². The Bertz CT molecular complexity index is 1100. The molecular weight excluding hydrogens is 522 g/mol. The summed E-state index contributed by atoms with van der Waals surface area (Å²) in [6.07, 6.45) is 8.19. The van der Waals surface area contributed by atoms with E-state index in [4.69, 9.17) is 0 Å². The van der Waals surface area contributed by atoms with Crippen LogP contribution in [0.1, 0.15) is 112 Å². The molecule has 0 bridgehead atoms. The Morgan fingerprint density at radius 2 is 0.667 bits per heavy atom. The van der Waals surface area contributed by atoms with E-state index in [-0.39, 0.29) is 5.16 Å². The number of hydrogen-bond acceptors (Lipinski definition) is 0. The van der Waals surface area contributed by atoms with Crippen LogP contribution >= 0.6 is 7.26 Å². The van der Waals surface area contributed by atoms with Crippen molar-refractivity contribution in [1.29, 1.82) is 0 Å². The van der Waals surface area contributed by atoms with E-state index in [0.717, 1.165) is 25.6 Å². The van der Waals surface area contributed by atoms with Crippen LogP contribution in [0.5, 0.6) is 0 Å². The molecule has 0 aliphatic rings. The van der Waals surface area contributed by atoms with Gasteiger partial charge in [-0.25, -0.2) is 0 Å². The van der Waals surface area contributed by atoms with Gasteiger partial charge in [0.15, 0.2) is 0 Å². The minimum atomic E-state index is -2.40. The molecular formula is C40H62BP. The van der Waals surface area contributed by atoms with Gasteiger partial charge in [0.05, 0.1) is 0 Å². The molecule has 0 spiro atoms. The summed E-state index contributed by atoms with van der Waals surface area (Å²) in [5, 5.41) is 4.76. The molecule has 0 aromatic heterocycles. The second-order valence-corrected chi connectivity index (χ2v) is 21.8. The van der Waals surface area contributed by atoms with Crippen LogP contribution in [0.4, 0.5) is 0 Å². The molecule has 0 amide bonds. The van der Waals surface area contributed by atoms with E-state index in [9.17, 15) is 0 Å². The molecule has 0 radical (unpaired) electrons. The van der Waals surface area contributed by atoms with Crippen LogP contribution in [0.3, 0.4) is 0 Å². The summed E-state index contributed by atoms with van der Waals surface area (Å²) in [5.41, 5.74) is 5.43. The summed E-state index contributed by atoms with van der Waals surface area (Å²) in [6.45, 7) is 26.2. The zero-order valence-electron chi connectivity index (χ0n) is 29.4. The molecule has 3 aromatic carbocycles. The topological polar surface area (TPSA) is 0 Å². The minimum absolute atomic E-state index is 0.139. The van der Waals surface area contributed by atoms with E-state index in [1.807, 2.05) is 0 Å². The van der Waals surface area contributed by atoms with Crippen LogP contribution in [0, 0.1) is 16.2 Å². The van der Waals surface area contributed by atoms with Crippen molar-refractivity contribution in [2.45, 2.75) is 126 Å². The summed E-state index contributed by atoms with van der Waals surface area (Å²) in [5.74, 6) is 0. The average Bonchev–Trinajstić information content (AvgIpc) is 2.90. The molecule has 0 saturated carbocycles. The Balaban J connectivity index is 2.16. The first-order valence-electron chi connectivity index (χ1n) is 16.6. The third kappa shape index (κ3) is 9.08. The van der Waals surface area contributed by atoms with Gasteiger partial charge in [0.25, 0.3) is 0 Å².